The molecule has 4 rings (SSSR count). The van der Waals surface area contributed by atoms with Gasteiger partial charge in [-0.05, 0) is 31.0 Å². The van der Waals surface area contributed by atoms with Crippen molar-refractivity contribution in [3.05, 3.63) is 65.7 Å². The summed E-state index contributed by atoms with van der Waals surface area (Å²) in [5.74, 6) is -2.24. The van der Waals surface area contributed by atoms with Gasteiger partial charge in [0.05, 0.1) is 23.1 Å². The maximum absolute atomic E-state index is 13.0. The van der Waals surface area contributed by atoms with Crippen molar-refractivity contribution in [2.24, 2.45) is 11.8 Å². The van der Waals surface area contributed by atoms with Crippen molar-refractivity contribution in [1.29, 1.82) is 0 Å². The molecule has 2 aliphatic rings. The number of hydrogen-bond acceptors (Lipinski definition) is 5. The van der Waals surface area contributed by atoms with Crippen LogP contribution in [-0.2, 0) is 14.3 Å². The first-order valence-corrected chi connectivity index (χ1v) is 11.7. The van der Waals surface area contributed by atoms with E-state index in [-0.39, 0.29) is 44.7 Å². The van der Waals surface area contributed by atoms with Crippen LogP contribution in [0.4, 0.5) is 5.69 Å². The molecule has 1 saturated carbocycles. The zero-order chi connectivity index (χ0) is 22.1. The van der Waals surface area contributed by atoms with Crippen molar-refractivity contribution in [2.75, 3.05) is 11.5 Å². The van der Waals surface area contributed by atoms with E-state index < -0.39 is 12.6 Å². The number of ketones is 1. The lowest BCUT2D eigenvalue weighted by Gasteiger charge is -2.29. The predicted molar refractivity (Wildman–Crippen MR) is 122 cm³/mol. The van der Waals surface area contributed by atoms with Gasteiger partial charge in [-0.1, -0.05) is 68.3 Å². The highest BCUT2D eigenvalue weighted by molar-refractivity contribution is 9.12. The van der Waals surface area contributed by atoms with Crippen LogP contribution in [0.3, 0.4) is 0 Å². The molecule has 0 bridgehead atoms. The number of amides is 2. The molecule has 2 aromatic rings. The minimum Gasteiger partial charge on any atom is -0.454 e. The van der Waals surface area contributed by atoms with Crippen LogP contribution in [0.15, 0.2) is 54.6 Å². The van der Waals surface area contributed by atoms with Gasteiger partial charge < -0.3 is 4.74 Å². The lowest BCUT2D eigenvalue weighted by molar-refractivity contribution is -0.122. The minimum atomic E-state index is -0.691. The summed E-state index contributed by atoms with van der Waals surface area (Å²) in [5.41, 5.74) is 0.964. The van der Waals surface area contributed by atoms with Crippen LogP contribution >= 0.6 is 31.9 Å². The van der Waals surface area contributed by atoms with Gasteiger partial charge in [-0.3, -0.25) is 19.3 Å². The molecule has 1 heterocycles. The second-order valence-corrected chi connectivity index (χ2v) is 10.00. The standard InChI is InChI=1S/C23H19Br2NO5/c24-18-10-16-17(11-19(18)25)22(29)26(21(16)28)15-8-4-7-14(9-15)23(30)31-12-20(27)13-5-2-1-3-6-13/h1-9,16-19H,10-12H2/t16-,17-,18+,19+/m0/s1. The molecule has 4 atom stereocenters. The van der Waals surface area contributed by atoms with E-state index in [1.54, 1.807) is 42.5 Å². The Bertz CT molecular complexity index is 1010. The van der Waals surface area contributed by atoms with Crippen LogP contribution in [0.25, 0.3) is 0 Å². The molecule has 1 saturated heterocycles. The summed E-state index contributed by atoms with van der Waals surface area (Å²) in [4.78, 5) is 52.0. The maximum atomic E-state index is 13.0. The van der Waals surface area contributed by atoms with E-state index >= 15 is 0 Å². The number of ether oxygens (including phenoxy) is 1. The summed E-state index contributed by atoms with van der Waals surface area (Å²) in [6.07, 6.45) is 1.15. The highest BCUT2D eigenvalue weighted by Crippen LogP contribution is 2.44. The topological polar surface area (TPSA) is 80.8 Å². The number of halogens is 2. The summed E-state index contributed by atoms with van der Waals surface area (Å²) in [6.45, 7) is -0.391. The van der Waals surface area contributed by atoms with Gasteiger partial charge in [-0.25, -0.2) is 4.79 Å². The Balaban J connectivity index is 1.48. The van der Waals surface area contributed by atoms with Gasteiger partial charge in [-0.15, -0.1) is 0 Å². The lowest BCUT2D eigenvalue weighted by Crippen LogP contribution is -2.34. The second kappa shape index (κ2) is 9.04. The lowest BCUT2D eigenvalue weighted by atomic mass is 9.81. The first-order valence-electron chi connectivity index (χ1n) is 9.88. The predicted octanol–water partition coefficient (Wildman–Crippen LogP) is 4.15. The largest absolute Gasteiger partial charge is 0.454 e. The van der Waals surface area contributed by atoms with E-state index in [2.05, 4.69) is 31.9 Å². The maximum Gasteiger partial charge on any atom is 0.338 e. The molecule has 2 aromatic carbocycles. The number of alkyl halides is 2. The number of imide groups is 1. The molecule has 2 fully saturated rings. The SMILES string of the molecule is O=C(COC(=O)c1cccc(N2C(=O)[C@H]3C[C@@H](Br)[C@H](Br)C[C@@H]3C2=O)c1)c1ccccc1. The zero-order valence-corrected chi connectivity index (χ0v) is 19.5. The molecule has 2 amide bonds. The molecule has 8 heteroatoms. The summed E-state index contributed by atoms with van der Waals surface area (Å²) >= 11 is 7.15. The number of carbonyl (C=O) groups is 4. The Hall–Kier alpha value is -2.32. The summed E-state index contributed by atoms with van der Waals surface area (Å²) < 4.78 is 5.15. The van der Waals surface area contributed by atoms with Crippen LogP contribution in [-0.4, -0.2) is 39.8 Å². The van der Waals surface area contributed by atoms with Crippen molar-refractivity contribution in [3.8, 4) is 0 Å². The third-order valence-corrected chi connectivity index (χ3v) is 8.42. The van der Waals surface area contributed by atoms with E-state index in [0.29, 0.717) is 24.1 Å². The van der Waals surface area contributed by atoms with Crippen LogP contribution in [0, 0.1) is 11.8 Å². The molecule has 0 radical (unpaired) electrons. The number of esters is 1. The van der Waals surface area contributed by atoms with Gasteiger partial charge >= 0.3 is 5.97 Å². The number of benzene rings is 2. The van der Waals surface area contributed by atoms with Crippen molar-refractivity contribution in [1.82, 2.24) is 0 Å². The number of carbonyl (C=O) groups excluding carboxylic acids is 4. The van der Waals surface area contributed by atoms with Crippen LogP contribution in [0.5, 0.6) is 0 Å². The third-order valence-electron chi connectivity index (χ3n) is 5.68. The second-order valence-electron chi connectivity index (χ2n) is 7.64. The summed E-state index contributed by atoms with van der Waals surface area (Å²) in [7, 11) is 0. The Morgan fingerprint density at radius 2 is 1.45 bits per heavy atom. The number of hydrogen-bond donors (Lipinski definition) is 0. The highest BCUT2D eigenvalue weighted by atomic mass is 79.9. The van der Waals surface area contributed by atoms with Gasteiger partial charge in [0.2, 0.25) is 11.8 Å². The molecule has 0 spiro atoms. The van der Waals surface area contributed by atoms with Crippen molar-refractivity contribution in [3.63, 3.8) is 0 Å². The van der Waals surface area contributed by atoms with Crippen molar-refractivity contribution >= 4 is 61.1 Å². The molecular formula is C23H19Br2NO5. The molecule has 1 aliphatic heterocycles. The van der Waals surface area contributed by atoms with Gasteiger partial charge in [-0.2, -0.15) is 0 Å². The smallest absolute Gasteiger partial charge is 0.338 e. The molecular weight excluding hydrogens is 530 g/mol. The monoisotopic (exact) mass is 547 g/mol. The Kier molecular flexibility index (Phi) is 6.39. The van der Waals surface area contributed by atoms with Gasteiger partial charge in [0.15, 0.2) is 12.4 Å². The van der Waals surface area contributed by atoms with Gasteiger partial charge in [0, 0.05) is 15.2 Å². The summed E-state index contributed by atoms with van der Waals surface area (Å²) in [6, 6.07) is 14.8. The summed E-state index contributed by atoms with van der Waals surface area (Å²) in [5, 5.41) is 0. The van der Waals surface area contributed by atoms with E-state index in [9.17, 15) is 19.2 Å². The van der Waals surface area contributed by atoms with Gasteiger partial charge in [0.1, 0.15) is 0 Å². The van der Waals surface area contributed by atoms with Crippen molar-refractivity contribution < 1.29 is 23.9 Å². The number of nitrogens with zero attached hydrogens (tertiary/aromatic N) is 1. The first kappa shape index (κ1) is 21.9. The molecule has 0 aromatic heterocycles. The molecule has 31 heavy (non-hydrogen) atoms. The number of rotatable bonds is 5. The fraction of sp³-hybridized carbons (Fsp3) is 0.304. The Morgan fingerprint density at radius 1 is 0.871 bits per heavy atom. The molecule has 6 nitrogen and oxygen atoms in total. The number of anilines is 1. The Morgan fingerprint density at radius 3 is 2.06 bits per heavy atom. The van der Waals surface area contributed by atoms with E-state index in [1.807, 2.05) is 0 Å². The van der Waals surface area contributed by atoms with Crippen molar-refractivity contribution in [2.45, 2.75) is 22.5 Å². The normalized spacial score (nSPS) is 25.3. The quantitative estimate of drug-likeness (QED) is 0.243. The van der Waals surface area contributed by atoms with Crippen LogP contribution in [0.2, 0.25) is 0 Å². The number of Topliss-reactive ketones (excluding diaryl/α,β-unsaturated/α-hetero) is 1. The Labute approximate surface area is 196 Å². The van der Waals surface area contributed by atoms with Crippen LogP contribution < -0.4 is 4.90 Å². The zero-order valence-electron chi connectivity index (χ0n) is 16.4. The molecule has 0 N–H and O–H groups in total. The third kappa shape index (κ3) is 4.36. The molecule has 1 aliphatic carbocycles. The first-order chi connectivity index (χ1) is 14.9. The average molecular weight is 549 g/mol. The van der Waals surface area contributed by atoms with Gasteiger partial charge in [0.25, 0.3) is 0 Å². The number of fused-ring (bicyclic) bond motifs is 1. The molecule has 160 valence electrons. The fourth-order valence-electron chi connectivity index (χ4n) is 4.04. The highest BCUT2D eigenvalue weighted by Gasteiger charge is 2.52. The van der Waals surface area contributed by atoms with E-state index in [0.717, 1.165) is 0 Å². The minimum absolute atomic E-state index is 0.119. The van der Waals surface area contributed by atoms with Crippen LogP contribution in [0.1, 0.15) is 33.6 Å². The van der Waals surface area contributed by atoms with E-state index in [1.165, 1.54) is 17.0 Å². The fourth-order valence-corrected chi connectivity index (χ4v) is 5.28. The molecule has 0 unspecified atom stereocenters. The van der Waals surface area contributed by atoms with E-state index in [4.69, 9.17) is 4.74 Å². The average Bonchev–Trinajstić information content (AvgIpc) is 3.02.